The second-order valence-electron chi connectivity index (χ2n) is 5.47. The number of pyridine rings is 1. The molecule has 7 heteroatoms. The zero-order chi connectivity index (χ0) is 17.4. The van der Waals surface area contributed by atoms with Crippen molar-refractivity contribution < 1.29 is 9.18 Å². The van der Waals surface area contributed by atoms with Crippen molar-refractivity contribution in [1.29, 1.82) is 0 Å². The van der Waals surface area contributed by atoms with Crippen molar-refractivity contribution in [2.75, 3.05) is 0 Å². The molecule has 0 N–H and O–H groups in total. The Labute approximate surface area is 145 Å². The molecular formula is C17H13BrFN3O2. The van der Waals surface area contributed by atoms with Gasteiger partial charge >= 0.3 is 0 Å². The van der Waals surface area contributed by atoms with Crippen molar-refractivity contribution in [3.05, 3.63) is 68.6 Å². The van der Waals surface area contributed by atoms with Crippen LogP contribution < -0.4 is 5.56 Å². The normalized spacial score (nSPS) is 12.3. The highest BCUT2D eigenvalue weighted by molar-refractivity contribution is 9.10. The summed E-state index contributed by atoms with van der Waals surface area (Å²) in [5.74, 6) is -0.758. The molecule has 24 heavy (non-hydrogen) atoms. The van der Waals surface area contributed by atoms with E-state index in [1.165, 1.54) is 30.0 Å². The van der Waals surface area contributed by atoms with E-state index >= 15 is 0 Å². The Kier molecular flexibility index (Phi) is 4.28. The Hall–Kier alpha value is -2.41. The molecular weight excluding hydrogens is 377 g/mol. The molecule has 0 aliphatic carbocycles. The van der Waals surface area contributed by atoms with Crippen molar-refractivity contribution in [3.8, 4) is 0 Å². The number of fused-ring (bicyclic) bond motifs is 1. The SMILES string of the molecule is CC(=O)C(c1cc(F)ccc1C)n1cnc2ccc(Br)nc2c1=O. The molecule has 2 aromatic heterocycles. The lowest BCUT2D eigenvalue weighted by Gasteiger charge is -2.19. The first-order chi connectivity index (χ1) is 11.4. The first-order valence-electron chi connectivity index (χ1n) is 7.18. The third-order valence-electron chi connectivity index (χ3n) is 3.80. The fourth-order valence-electron chi connectivity index (χ4n) is 2.64. The average Bonchev–Trinajstić information content (AvgIpc) is 2.53. The number of carbonyl (C=O) groups excluding carboxylic acids is 1. The maximum atomic E-state index is 13.7. The molecule has 0 fully saturated rings. The molecule has 1 aromatic carbocycles. The van der Waals surface area contributed by atoms with Crippen LogP contribution in [0.3, 0.4) is 0 Å². The van der Waals surface area contributed by atoms with Gasteiger partial charge in [0.2, 0.25) is 0 Å². The van der Waals surface area contributed by atoms with Crippen LogP contribution in [0.1, 0.15) is 24.1 Å². The van der Waals surface area contributed by atoms with Crippen LogP contribution in [0, 0.1) is 12.7 Å². The molecule has 0 amide bonds. The van der Waals surface area contributed by atoms with E-state index in [1.807, 2.05) is 0 Å². The van der Waals surface area contributed by atoms with Crippen LogP contribution in [0.2, 0.25) is 0 Å². The number of Topliss-reactive ketones (excluding diaryl/α,β-unsaturated/α-hetero) is 1. The van der Waals surface area contributed by atoms with Crippen molar-refractivity contribution >= 4 is 32.7 Å². The Bertz CT molecular complexity index is 1020. The standard InChI is InChI=1S/C17H13BrFN3O2/c1-9-3-4-11(19)7-12(9)16(10(2)23)22-8-20-13-5-6-14(18)21-15(13)17(22)24/h3-8,16H,1-2H3. The number of hydrogen-bond acceptors (Lipinski definition) is 4. The zero-order valence-electron chi connectivity index (χ0n) is 13.0. The number of nitrogens with zero attached hydrogens (tertiary/aromatic N) is 3. The second kappa shape index (κ2) is 6.24. The van der Waals surface area contributed by atoms with Crippen molar-refractivity contribution in [2.45, 2.75) is 19.9 Å². The van der Waals surface area contributed by atoms with Crippen molar-refractivity contribution in [1.82, 2.24) is 14.5 Å². The van der Waals surface area contributed by atoms with Gasteiger partial charge in [-0.05, 0) is 65.2 Å². The van der Waals surface area contributed by atoms with Gasteiger partial charge in [-0.3, -0.25) is 14.2 Å². The lowest BCUT2D eigenvalue weighted by Crippen LogP contribution is -2.31. The van der Waals surface area contributed by atoms with Gasteiger partial charge in [0.05, 0.1) is 11.8 Å². The van der Waals surface area contributed by atoms with E-state index in [1.54, 1.807) is 25.1 Å². The lowest BCUT2D eigenvalue weighted by atomic mass is 9.98. The number of aryl methyl sites for hydroxylation is 1. The quantitative estimate of drug-likeness (QED) is 0.645. The highest BCUT2D eigenvalue weighted by Gasteiger charge is 2.23. The maximum absolute atomic E-state index is 13.7. The van der Waals surface area contributed by atoms with Crippen LogP contribution in [-0.2, 0) is 4.79 Å². The maximum Gasteiger partial charge on any atom is 0.280 e. The number of rotatable bonds is 3. The molecule has 2 heterocycles. The summed E-state index contributed by atoms with van der Waals surface area (Å²) in [6, 6.07) is 6.55. The van der Waals surface area contributed by atoms with Crippen LogP contribution in [0.4, 0.5) is 4.39 Å². The van der Waals surface area contributed by atoms with E-state index in [-0.39, 0.29) is 11.3 Å². The summed E-state index contributed by atoms with van der Waals surface area (Å²) in [6.07, 6.45) is 1.30. The highest BCUT2D eigenvalue weighted by Crippen LogP contribution is 2.23. The van der Waals surface area contributed by atoms with Gasteiger partial charge in [0, 0.05) is 0 Å². The molecule has 3 aromatic rings. The minimum absolute atomic E-state index is 0.146. The monoisotopic (exact) mass is 389 g/mol. The summed E-state index contributed by atoms with van der Waals surface area (Å²) >= 11 is 3.22. The predicted octanol–water partition coefficient (Wildman–Crippen LogP) is 3.18. The number of carbonyl (C=O) groups is 1. The summed E-state index contributed by atoms with van der Waals surface area (Å²) < 4.78 is 15.4. The van der Waals surface area contributed by atoms with Gasteiger partial charge in [-0.15, -0.1) is 0 Å². The molecule has 1 atom stereocenters. The topological polar surface area (TPSA) is 64.8 Å². The summed E-state index contributed by atoms with van der Waals surface area (Å²) in [5, 5.41) is 0. The van der Waals surface area contributed by atoms with E-state index in [2.05, 4.69) is 25.9 Å². The number of benzene rings is 1. The smallest absolute Gasteiger partial charge is 0.280 e. The largest absolute Gasteiger partial charge is 0.297 e. The number of aromatic nitrogens is 3. The molecule has 0 aliphatic heterocycles. The molecule has 0 bridgehead atoms. The fourth-order valence-corrected chi connectivity index (χ4v) is 2.95. The van der Waals surface area contributed by atoms with Gasteiger partial charge in [0.25, 0.3) is 5.56 Å². The lowest BCUT2D eigenvalue weighted by molar-refractivity contribution is -0.119. The molecule has 1 unspecified atom stereocenters. The summed E-state index contributed by atoms with van der Waals surface area (Å²) in [6.45, 7) is 3.12. The minimum Gasteiger partial charge on any atom is -0.297 e. The van der Waals surface area contributed by atoms with E-state index in [0.717, 1.165) is 0 Å². The first-order valence-corrected chi connectivity index (χ1v) is 7.97. The summed E-state index contributed by atoms with van der Waals surface area (Å²) in [7, 11) is 0. The van der Waals surface area contributed by atoms with Crippen LogP contribution in [0.5, 0.6) is 0 Å². The molecule has 5 nitrogen and oxygen atoms in total. The first kappa shape index (κ1) is 16.4. The van der Waals surface area contributed by atoms with Crippen LogP contribution in [0.25, 0.3) is 11.0 Å². The Morgan fingerprint density at radius 3 is 2.75 bits per heavy atom. The fraction of sp³-hybridized carbons (Fsp3) is 0.176. The van der Waals surface area contributed by atoms with E-state index in [4.69, 9.17) is 0 Å². The third kappa shape index (κ3) is 2.87. The van der Waals surface area contributed by atoms with Crippen LogP contribution in [-0.4, -0.2) is 20.3 Å². The number of ketones is 1. The van der Waals surface area contributed by atoms with E-state index < -0.39 is 17.4 Å². The molecule has 122 valence electrons. The highest BCUT2D eigenvalue weighted by atomic mass is 79.9. The van der Waals surface area contributed by atoms with Crippen LogP contribution >= 0.6 is 15.9 Å². The molecule has 0 aliphatic rings. The number of halogens is 2. The van der Waals surface area contributed by atoms with E-state index in [9.17, 15) is 14.0 Å². The minimum atomic E-state index is -0.953. The van der Waals surface area contributed by atoms with E-state index in [0.29, 0.717) is 21.2 Å². The van der Waals surface area contributed by atoms with Gasteiger partial charge in [-0.1, -0.05) is 6.07 Å². The van der Waals surface area contributed by atoms with Gasteiger partial charge in [0.15, 0.2) is 11.3 Å². The van der Waals surface area contributed by atoms with Gasteiger partial charge in [0.1, 0.15) is 16.5 Å². The average molecular weight is 390 g/mol. The van der Waals surface area contributed by atoms with Gasteiger partial charge in [-0.25, -0.2) is 14.4 Å². The zero-order valence-corrected chi connectivity index (χ0v) is 14.5. The molecule has 3 rings (SSSR count). The van der Waals surface area contributed by atoms with Gasteiger partial charge < -0.3 is 0 Å². The Morgan fingerprint density at radius 2 is 2.04 bits per heavy atom. The molecule has 0 radical (unpaired) electrons. The number of hydrogen-bond donors (Lipinski definition) is 0. The molecule has 0 saturated heterocycles. The predicted molar refractivity (Wildman–Crippen MR) is 91.5 cm³/mol. The molecule has 0 spiro atoms. The van der Waals surface area contributed by atoms with Crippen molar-refractivity contribution in [3.63, 3.8) is 0 Å². The second-order valence-corrected chi connectivity index (χ2v) is 6.29. The molecule has 0 saturated carbocycles. The Balaban J connectivity index is 2.29. The van der Waals surface area contributed by atoms with Crippen LogP contribution in [0.15, 0.2) is 46.1 Å². The third-order valence-corrected chi connectivity index (χ3v) is 4.24. The van der Waals surface area contributed by atoms with Gasteiger partial charge in [-0.2, -0.15) is 0 Å². The Morgan fingerprint density at radius 1 is 1.29 bits per heavy atom. The summed E-state index contributed by atoms with van der Waals surface area (Å²) in [5.41, 5.74) is 1.27. The summed E-state index contributed by atoms with van der Waals surface area (Å²) in [4.78, 5) is 33.4. The van der Waals surface area contributed by atoms with Crippen molar-refractivity contribution in [2.24, 2.45) is 0 Å².